The van der Waals surface area contributed by atoms with Crippen molar-refractivity contribution in [3.8, 4) is 5.75 Å². The fourth-order valence-electron chi connectivity index (χ4n) is 3.45. The maximum atomic E-state index is 12.4. The van der Waals surface area contributed by atoms with Gasteiger partial charge in [0, 0.05) is 48.1 Å². The van der Waals surface area contributed by atoms with Gasteiger partial charge in [0.2, 0.25) is 5.91 Å². The predicted molar refractivity (Wildman–Crippen MR) is 115 cm³/mol. The molecule has 0 aliphatic heterocycles. The third-order valence-electron chi connectivity index (χ3n) is 5.16. The molecule has 3 aromatic rings. The van der Waals surface area contributed by atoms with E-state index in [1.165, 1.54) is 0 Å². The Morgan fingerprint density at radius 1 is 1.31 bits per heavy atom. The largest absolute Gasteiger partial charge is 0.493 e. The Hall–Kier alpha value is -3.02. The molecular weight excluding hydrogens is 366 g/mol. The highest BCUT2D eigenvalue weighted by Gasteiger charge is 2.18. The molecule has 1 aromatic carbocycles. The van der Waals surface area contributed by atoms with Crippen molar-refractivity contribution >= 4 is 22.4 Å². The van der Waals surface area contributed by atoms with Crippen molar-refractivity contribution < 1.29 is 13.9 Å². The van der Waals surface area contributed by atoms with Gasteiger partial charge in [-0.2, -0.15) is 0 Å². The number of nitrogens with one attached hydrogen (secondary N) is 1. The first-order valence-electron chi connectivity index (χ1n) is 10.0. The smallest absolute Gasteiger partial charge is 0.244 e. The lowest BCUT2D eigenvalue weighted by molar-refractivity contribution is -0.116. The second kappa shape index (κ2) is 8.99. The summed E-state index contributed by atoms with van der Waals surface area (Å²) < 4.78 is 13.9. The Kier molecular flexibility index (Phi) is 6.42. The predicted octanol–water partition coefficient (Wildman–Crippen LogP) is 4.56. The SMILES string of the molecule is CCOc1c(/C(C)=C/C(=O)NCCCn2ccnc2)cc2c(C)c(C)oc2c1C. The van der Waals surface area contributed by atoms with Crippen molar-refractivity contribution in [3.05, 3.63) is 53.3 Å². The number of imidazole rings is 1. The van der Waals surface area contributed by atoms with Gasteiger partial charge in [-0.25, -0.2) is 4.98 Å². The van der Waals surface area contributed by atoms with Gasteiger partial charge in [-0.15, -0.1) is 0 Å². The molecule has 0 aliphatic carbocycles. The van der Waals surface area contributed by atoms with Gasteiger partial charge in [0.05, 0.1) is 12.9 Å². The minimum atomic E-state index is -0.103. The summed E-state index contributed by atoms with van der Waals surface area (Å²) in [6.45, 7) is 11.9. The van der Waals surface area contributed by atoms with Gasteiger partial charge >= 0.3 is 0 Å². The quantitative estimate of drug-likeness (QED) is 0.448. The fourth-order valence-corrected chi connectivity index (χ4v) is 3.45. The van der Waals surface area contributed by atoms with Gasteiger partial charge in [0.1, 0.15) is 17.1 Å². The number of rotatable bonds is 8. The van der Waals surface area contributed by atoms with Crippen LogP contribution in [0.5, 0.6) is 5.75 Å². The van der Waals surface area contributed by atoms with Crippen molar-refractivity contribution in [1.29, 1.82) is 0 Å². The number of amides is 1. The van der Waals surface area contributed by atoms with Crippen LogP contribution in [-0.4, -0.2) is 28.6 Å². The number of furan rings is 1. The zero-order valence-electron chi connectivity index (χ0n) is 17.8. The summed E-state index contributed by atoms with van der Waals surface area (Å²) in [5, 5.41) is 4.02. The normalized spacial score (nSPS) is 11.8. The summed E-state index contributed by atoms with van der Waals surface area (Å²) in [7, 11) is 0. The minimum Gasteiger partial charge on any atom is -0.493 e. The summed E-state index contributed by atoms with van der Waals surface area (Å²) in [4.78, 5) is 16.4. The van der Waals surface area contributed by atoms with Gasteiger partial charge in [0.15, 0.2) is 0 Å². The minimum absolute atomic E-state index is 0.103. The molecule has 1 N–H and O–H groups in total. The van der Waals surface area contributed by atoms with E-state index in [-0.39, 0.29) is 5.91 Å². The molecule has 0 fully saturated rings. The second-order valence-electron chi connectivity index (χ2n) is 7.24. The Balaban J connectivity index is 1.79. The molecular formula is C23H29N3O3. The number of ether oxygens (including phenoxy) is 1. The molecule has 6 heteroatoms. The van der Waals surface area contributed by atoms with Gasteiger partial charge in [0.25, 0.3) is 0 Å². The van der Waals surface area contributed by atoms with Crippen LogP contribution in [0.1, 0.15) is 42.7 Å². The Bertz CT molecular complexity index is 1030. The topological polar surface area (TPSA) is 69.3 Å². The maximum Gasteiger partial charge on any atom is 0.244 e. The van der Waals surface area contributed by atoms with Gasteiger partial charge < -0.3 is 19.0 Å². The number of carbonyl (C=O) groups excluding carboxylic acids is 1. The zero-order valence-corrected chi connectivity index (χ0v) is 17.8. The lowest BCUT2D eigenvalue weighted by atomic mass is 9.98. The molecule has 0 radical (unpaired) electrons. The molecule has 6 nitrogen and oxygen atoms in total. The summed E-state index contributed by atoms with van der Waals surface area (Å²) in [5.41, 5.74) is 4.72. The average Bonchev–Trinajstić information content (AvgIpc) is 3.30. The van der Waals surface area contributed by atoms with Crippen LogP contribution in [0.2, 0.25) is 0 Å². The number of nitrogens with zero attached hydrogens (tertiary/aromatic N) is 2. The number of hydrogen-bond donors (Lipinski definition) is 1. The van der Waals surface area contributed by atoms with Crippen LogP contribution >= 0.6 is 0 Å². The standard InChI is InChI=1S/C23H29N3O3/c1-6-28-22-17(4)23-20(16(3)18(5)29-23)13-19(22)15(2)12-21(27)25-8-7-10-26-11-9-24-14-26/h9,11-14H,6-8,10H2,1-5H3,(H,25,27)/b15-12+. The number of fused-ring (bicyclic) bond motifs is 1. The molecule has 2 aromatic heterocycles. The number of hydrogen-bond acceptors (Lipinski definition) is 4. The molecule has 0 aliphatic rings. The van der Waals surface area contributed by atoms with Crippen LogP contribution in [0.15, 0.2) is 35.3 Å². The highest BCUT2D eigenvalue weighted by atomic mass is 16.5. The van der Waals surface area contributed by atoms with Gasteiger partial charge in [-0.3, -0.25) is 4.79 Å². The van der Waals surface area contributed by atoms with E-state index in [1.54, 1.807) is 18.6 Å². The number of aryl methyl sites for hydroxylation is 4. The van der Waals surface area contributed by atoms with Crippen molar-refractivity contribution in [3.63, 3.8) is 0 Å². The lowest BCUT2D eigenvalue weighted by Gasteiger charge is -2.14. The van der Waals surface area contributed by atoms with Crippen LogP contribution in [-0.2, 0) is 11.3 Å². The molecule has 2 heterocycles. The van der Waals surface area contributed by atoms with E-state index in [4.69, 9.17) is 9.15 Å². The van der Waals surface area contributed by atoms with Crippen LogP contribution in [0.3, 0.4) is 0 Å². The molecule has 154 valence electrons. The molecule has 3 rings (SSSR count). The molecule has 0 saturated carbocycles. The fraction of sp³-hybridized carbons (Fsp3) is 0.391. The molecule has 0 unspecified atom stereocenters. The van der Waals surface area contributed by atoms with Crippen LogP contribution in [0.25, 0.3) is 16.5 Å². The summed E-state index contributed by atoms with van der Waals surface area (Å²) in [6, 6.07) is 2.07. The Morgan fingerprint density at radius 2 is 2.10 bits per heavy atom. The van der Waals surface area contributed by atoms with Gasteiger partial charge in [-0.05, 0) is 58.2 Å². The highest BCUT2D eigenvalue weighted by molar-refractivity contribution is 5.98. The molecule has 0 saturated heterocycles. The van der Waals surface area contributed by atoms with Crippen LogP contribution in [0, 0.1) is 20.8 Å². The number of allylic oxidation sites excluding steroid dienone is 1. The van der Waals surface area contributed by atoms with E-state index in [0.717, 1.165) is 57.7 Å². The van der Waals surface area contributed by atoms with Crippen molar-refractivity contribution in [2.24, 2.45) is 0 Å². The summed E-state index contributed by atoms with van der Waals surface area (Å²) in [5.74, 6) is 1.57. The van der Waals surface area contributed by atoms with Crippen molar-refractivity contribution in [2.75, 3.05) is 13.2 Å². The summed E-state index contributed by atoms with van der Waals surface area (Å²) >= 11 is 0. The lowest BCUT2D eigenvalue weighted by Crippen LogP contribution is -2.23. The third-order valence-corrected chi connectivity index (χ3v) is 5.16. The van der Waals surface area contributed by atoms with E-state index < -0.39 is 0 Å². The molecule has 29 heavy (non-hydrogen) atoms. The van der Waals surface area contributed by atoms with Crippen molar-refractivity contribution in [1.82, 2.24) is 14.9 Å². The Labute approximate surface area is 171 Å². The van der Waals surface area contributed by atoms with E-state index in [9.17, 15) is 4.79 Å². The van der Waals surface area contributed by atoms with Crippen LogP contribution in [0.4, 0.5) is 0 Å². The first-order chi connectivity index (χ1) is 13.9. The third kappa shape index (κ3) is 4.53. The molecule has 1 amide bonds. The van der Waals surface area contributed by atoms with E-state index >= 15 is 0 Å². The maximum absolute atomic E-state index is 12.4. The van der Waals surface area contributed by atoms with E-state index in [2.05, 4.69) is 23.3 Å². The first kappa shape index (κ1) is 20.7. The van der Waals surface area contributed by atoms with Crippen LogP contribution < -0.4 is 10.1 Å². The monoisotopic (exact) mass is 395 g/mol. The number of carbonyl (C=O) groups is 1. The Morgan fingerprint density at radius 3 is 2.79 bits per heavy atom. The first-order valence-corrected chi connectivity index (χ1v) is 10.0. The zero-order chi connectivity index (χ0) is 21.0. The highest BCUT2D eigenvalue weighted by Crippen LogP contribution is 2.38. The number of benzene rings is 1. The van der Waals surface area contributed by atoms with E-state index in [1.807, 2.05) is 38.5 Å². The second-order valence-corrected chi connectivity index (χ2v) is 7.24. The summed E-state index contributed by atoms with van der Waals surface area (Å²) in [6.07, 6.45) is 7.93. The van der Waals surface area contributed by atoms with E-state index in [0.29, 0.717) is 13.2 Å². The number of aromatic nitrogens is 2. The average molecular weight is 396 g/mol. The van der Waals surface area contributed by atoms with Crippen molar-refractivity contribution in [2.45, 2.75) is 47.6 Å². The molecule has 0 atom stereocenters. The molecule has 0 bridgehead atoms. The van der Waals surface area contributed by atoms with Gasteiger partial charge in [-0.1, -0.05) is 0 Å². The molecule has 0 spiro atoms.